The molecule has 0 atom stereocenters. The van der Waals surface area contributed by atoms with Gasteiger partial charge in [0.25, 0.3) is 23.6 Å². The average molecular weight is 1370 g/mol. The van der Waals surface area contributed by atoms with E-state index >= 15 is 0 Å². The lowest BCUT2D eigenvalue weighted by molar-refractivity contribution is 0.101. The zero-order valence-electron chi connectivity index (χ0n) is 63.1. The van der Waals surface area contributed by atoms with Crippen LogP contribution in [-0.2, 0) is 73.2 Å². The van der Waals surface area contributed by atoms with Crippen LogP contribution in [0.4, 0.5) is 22.9 Å². The summed E-state index contributed by atoms with van der Waals surface area (Å²) in [5.41, 5.74) is 20.0. The average Bonchev–Trinajstić information content (AvgIpc) is 1.79. The molecular formula is C88H112N6O7. The Morgan fingerprint density at radius 2 is 0.683 bits per heavy atom. The van der Waals surface area contributed by atoms with Gasteiger partial charge in [-0.3, -0.25) is 23.9 Å². The number of phenols is 1. The van der Waals surface area contributed by atoms with Gasteiger partial charge in [-0.25, -0.2) is 0 Å². The van der Waals surface area contributed by atoms with E-state index in [1.807, 2.05) is 96.5 Å². The molecule has 4 aliphatic carbocycles. The Bertz CT molecular complexity index is 4170. The second-order valence-electron chi connectivity index (χ2n) is 32.1. The number of nitrogens with zero attached hydrogens (tertiary/aromatic N) is 2. The molecule has 12 rings (SSSR count). The molecule has 0 saturated heterocycles. The molecule has 101 heavy (non-hydrogen) atoms. The number of phenolic OH excluding ortho intramolecular Hbond substituents is 1. The third kappa shape index (κ3) is 20.8. The molecule has 0 saturated carbocycles. The minimum Gasteiger partial charge on any atom is -0.507 e. The van der Waals surface area contributed by atoms with Crippen molar-refractivity contribution in [1.29, 1.82) is 0 Å². The molecule has 1 aromatic heterocycles. The fourth-order valence-corrected chi connectivity index (χ4v) is 13.9. The highest BCUT2D eigenvalue weighted by Crippen LogP contribution is 2.35. The number of ether oxygens (including phenoxy) is 2. The maximum atomic E-state index is 12.9. The monoisotopic (exact) mass is 1360 g/mol. The smallest absolute Gasteiger partial charge is 0.260 e. The first-order chi connectivity index (χ1) is 47.9. The molecule has 5 N–H and O–H groups in total. The topological polar surface area (TPSA) is 173 Å². The van der Waals surface area contributed by atoms with Crippen molar-refractivity contribution in [2.24, 2.45) is 0 Å². The lowest BCUT2D eigenvalue weighted by Crippen LogP contribution is -2.24. The number of aryl methyl sites for hydroxylation is 9. The van der Waals surface area contributed by atoms with Crippen molar-refractivity contribution in [2.75, 3.05) is 35.5 Å². The lowest BCUT2D eigenvalue weighted by Gasteiger charge is -2.21. The predicted molar refractivity (Wildman–Crippen MR) is 415 cm³/mol. The van der Waals surface area contributed by atoms with Crippen LogP contribution in [0.5, 0.6) is 17.2 Å². The Kier molecular flexibility index (Phi) is 25.4. The molecule has 0 fully saturated rings. The highest BCUT2D eigenvalue weighted by atomic mass is 16.5. The van der Waals surface area contributed by atoms with Gasteiger partial charge in [0, 0.05) is 34.4 Å². The van der Waals surface area contributed by atoms with Gasteiger partial charge in [-0.05, 0) is 293 Å². The molecule has 536 valence electrons. The highest BCUT2D eigenvalue weighted by molar-refractivity contribution is 6.08. The van der Waals surface area contributed by atoms with Gasteiger partial charge in [0.15, 0.2) is 5.82 Å². The first-order valence-corrected chi connectivity index (χ1v) is 37.0. The van der Waals surface area contributed by atoms with Crippen molar-refractivity contribution in [2.45, 2.75) is 240 Å². The van der Waals surface area contributed by atoms with Crippen LogP contribution >= 0.6 is 0 Å². The molecule has 4 amide bonds. The van der Waals surface area contributed by atoms with E-state index < -0.39 is 0 Å². The maximum Gasteiger partial charge on any atom is 0.260 e. The van der Waals surface area contributed by atoms with E-state index in [-0.39, 0.29) is 51.2 Å². The van der Waals surface area contributed by atoms with Crippen LogP contribution in [0.2, 0.25) is 0 Å². The molecule has 0 unspecified atom stereocenters. The third-order valence-corrected chi connectivity index (χ3v) is 19.9. The molecule has 1 heterocycles. The second kappa shape index (κ2) is 33.7. The number of carbonyl (C=O) groups is 4. The van der Waals surface area contributed by atoms with Gasteiger partial charge in [0.1, 0.15) is 17.2 Å². The molecule has 13 nitrogen and oxygen atoms in total. The molecule has 8 aromatic rings. The summed E-state index contributed by atoms with van der Waals surface area (Å²) >= 11 is 0. The van der Waals surface area contributed by atoms with E-state index in [4.69, 9.17) is 9.47 Å². The molecule has 13 heteroatoms. The number of rotatable bonds is 10. The van der Waals surface area contributed by atoms with Crippen molar-refractivity contribution in [3.8, 4) is 17.2 Å². The van der Waals surface area contributed by atoms with Crippen molar-refractivity contribution >= 4 is 46.5 Å². The summed E-state index contributed by atoms with van der Waals surface area (Å²) in [6.07, 6.45) is 22.9. The molecule has 7 aromatic carbocycles. The number of hydrogen-bond acceptors (Lipinski definition) is 8. The number of hydrogen-bond donors (Lipinski definition) is 5. The Morgan fingerprint density at radius 3 is 1.04 bits per heavy atom. The lowest BCUT2D eigenvalue weighted by atomic mass is 9.87. The van der Waals surface area contributed by atoms with E-state index in [2.05, 4.69) is 152 Å². The maximum absolute atomic E-state index is 12.9. The Morgan fingerprint density at radius 1 is 0.366 bits per heavy atom. The van der Waals surface area contributed by atoms with Gasteiger partial charge in [-0.1, -0.05) is 130 Å². The third-order valence-electron chi connectivity index (χ3n) is 19.9. The summed E-state index contributed by atoms with van der Waals surface area (Å²) in [6, 6.07) is 44.0. The summed E-state index contributed by atoms with van der Waals surface area (Å²) in [7, 11) is 3.25. The van der Waals surface area contributed by atoms with Crippen LogP contribution in [0.1, 0.15) is 268 Å². The summed E-state index contributed by atoms with van der Waals surface area (Å²) in [6.45, 7) is 27.9. The van der Waals surface area contributed by atoms with Gasteiger partial charge >= 0.3 is 0 Å². The van der Waals surface area contributed by atoms with Gasteiger partial charge in [-0.15, -0.1) is 0 Å². The van der Waals surface area contributed by atoms with Gasteiger partial charge in [0.05, 0.1) is 36.4 Å². The van der Waals surface area contributed by atoms with Crippen LogP contribution in [0, 0.1) is 6.92 Å². The number of fused-ring (bicyclic) bond motifs is 4. The quantitative estimate of drug-likeness (QED) is 0.0842. The standard InChI is InChI=1S/C23H29NO2.C22H27NO2.C22H27NO.C21H29N3O2/c1-23(2,3)18-10-12-19(13-11-18)24-22(25)20-14-16-8-6-5-7-9-17(16)15-21(20)26-4;1-22(2,3)17-9-11-18(12-10-17)23-21(25)19-13-15-7-5-4-6-8-16(15)14-20(19)24;1-22(2,3)19-11-13-20(14-12-19)23-21(24)18-10-9-16-7-5-4-6-8-17(16)15-18;1-14-11-19(23-24(14)21(2,3)4)22-20(25)17-12-15-9-7-6-8-10-16(15)13-18(17)26-5/h10-15H,5-9H2,1-4H3,(H,24,25);9-14,24H,4-8H2,1-3H3,(H,23,25);9-15H,4-8H2,1-3H3,(H,23,24);11-13H,6-10H2,1-5H3,(H,22,23,25). The van der Waals surface area contributed by atoms with E-state index in [9.17, 15) is 24.3 Å². The number of benzene rings is 7. The Labute approximate surface area is 602 Å². The van der Waals surface area contributed by atoms with Crippen LogP contribution in [0.3, 0.4) is 0 Å². The van der Waals surface area contributed by atoms with Crippen LogP contribution in [0.15, 0.2) is 133 Å². The summed E-state index contributed by atoms with van der Waals surface area (Å²) in [5, 5.41) is 26.7. The van der Waals surface area contributed by atoms with Crippen molar-refractivity contribution in [3.05, 3.63) is 223 Å². The van der Waals surface area contributed by atoms with Crippen LogP contribution in [-0.4, -0.2) is 52.7 Å². The zero-order valence-corrected chi connectivity index (χ0v) is 63.1. The Balaban J connectivity index is 0.000000157. The van der Waals surface area contributed by atoms with Gasteiger partial charge < -0.3 is 35.8 Å². The summed E-state index contributed by atoms with van der Waals surface area (Å²) in [5.74, 6) is 1.37. The normalized spacial score (nSPS) is 14.5. The number of nitrogens with one attached hydrogen (secondary N) is 4. The van der Waals surface area contributed by atoms with Crippen molar-refractivity contribution in [3.63, 3.8) is 0 Å². The molecule has 0 spiro atoms. The van der Waals surface area contributed by atoms with Gasteiger partial charge in [0.2, 0.25) is 0 Å². The van der Waals surface area contributed by atoms with E-state index in [0.717, 1.165) is 92.5 Å². The number of carbonyl (C=O) groups excluding carboxylic acids is 4. The van der Waals surface area contributed by atoms with E-state index in [1.165, 1.54) is 125 Å². The van der Waals surface area contributed by atoms with E-state index in [1.54, 1.807) is 20.3 Å². The fourth-order valence-electron chi connectivity index (χ4n) is 13.9. The minimum absolute atomic E-state index is 0.0226. The van der Waals surface area contributed by atoms with Crippen molar-refractivity contribution < 1.29 is 33.8 Å². The number of aromatic hydroxyl groups is 1. The van der Waals surface area contributed by atoms with Gasteiger partial charge in [-0.2, -0.15) is 5.10 Å². The minimum atomic E-state index is -0.256. The number of anilines is 4. The van der Waals surface area contributed by atoms with Crippen molar-refractivity contribution in [1.82, 2.24) is 9.78 Å². The Hall–Kier alpha value is -8.97. The SMILES string of the molecule is CC(C)(C)c1ccc(NC(=O)c2cc3c(cc2O)CCCCC3)cc1.CC(C)(C)c1ccc(NC(=O)c2ccc3c(c2)CCCCC3)cc1.COc1cc2c(cc1C(=O)Nc1cc(C)n(C(C)(C)C)n1)CCCCC2.COc1cc2c(cc1C(=O)Nc1ccc(C(C)(C)C)cc1)CCCCC2. The number of aromatic nitrogens is 2. The zero-order chi connectivity index (χ0) is 72.8. The highest BCUT2D eigenvalue weighted by Gasteiger charge is 2.25. The molecule has 0 aliphatic heterocycles. The summed E-state index contributed by atoms with van der Waals surface area (Å²) in [4.78, 5) is 50.9. The first-order valence-electron chi connectivity index (χ1n) is 37.0. The molecule has 0 radical (unpaired) electrons. The van der Waals surface area contributed by atoms with E-state index in [0.29, 0.717) is 34.0 Å². The molecule has 4 aliphatic rings. The molecular weight excluding hydrogens is 1250 g/mol. The predicted octanol–water partition coefficient (Wildman–Crippen LogP) is 20.7. The number of amides is 4. The van der Waals surface area contributed by atoms with Crippen LogP contribution < -0.4 is 30.7 Å². The largest absolute Gasteiger partial charge is 0.507 e. The summed E-state index contributed by atoms with van der Waals surface area (Å²) < 4.78 is 12.9. The fraction of sp³-hybridized carbons (Fsp3) is 0.443. The molecule has 0 bridgehead atoms. The number of methoxy groups -OCH3 is 2. The van der Waals surface area contributed by atoms with Crippen LogP contribution in [0.25, 0.3) is 0 Å². The second-order valence-corrected chi connectivity index (χ2v) is 32.1. The first kappa shape index (κ1) is 76.2.